The first-order valence-corrected chi connectivity index (χ1v) is 39.8. The molecule has 10 aromatic carbocycles. The highest BCUT2D eigenvalue weighted by atomic mass is 16.5. The van der Waals surface area contributed by atoms with Gasteiger partial charge in [0.25, 0.3) is 17.7 Å². The van der Waals surface area contributed by atoms with Crippen LogP contribution < -0.4 is 20.1 Å². The Kier molecular flexibility index (Phi) is 31.4. The summed E-state index contributed by atoms with van der Waals surface area (Å²) < 4.78 is 23.9. The standard InChI is InChI=1S/C40H44N2O4.C32H38N2O5.C27H27NO3/c1-28(2)35-24-36(29(3)23-37(35)45-27-32-13-7-5-8-14-32)39(43)42(4)26-31-21-19-30(20-22-31)25-41-38(33-15-9-6-10-16-33)40(44)46-34-17-11-12-18-34;1-21(2)26-17-27(29(36)18-28(26)35)31(37)34(3)20-23-15-13-22(14-16-23)19-33-30(24-9-5-4-6-10-24)32(38)39-25-11-7-8-12-25;1-19(2)24-15-25(20(3)14-26(24)31-18-23-8-6-5-7-9-23)27(30)28(4)16-21-10-12-22(17-29)13-11-21/h5-10,13-16,19-24,34,38,41H,1,11-12,17-18,25-27H2,2-4H3;4-6,9-10,13-18,21,25,30,33,35-36H,7-8,11-12,19-20H2,1-3H3;5-15,17H,1,16,18H2,2-4H3/t38-;30-;/m00./s1. The quantitative estimate of drug-likeness (QED) is 0.0235. The summed E-state index contributed by atoms with van der Waals surface area (Å²) in [6.45, 7) is 22.9. The highest BCUT2D eigenvalue weighted by Gasteiger charge is 2.30. The number of carbonyl (C=O) groups excluding carboxylic acids is 6. The summed E-state index contributed by atoms with van der Waals surface area (Å²) in [6, 6.07) is 71.8. The number of aryl methyl sites for hydroxylation is 2. The van der Waals surface area contributed by atoms with Crippen LogP contribution in [0.2, 0.25) is 0 Å². The molecule has 17 heteroatoms. The van der Waals surface area contributed by atoms with E-state index in [1.807, 2.05) is 255 Å². The Balaban J connectivity index is 0.000000187. The maximum Gasteiger partial charge on any atom is 0.328 e. The molecule has 2 aliphatic rings. The highest BCUT2D eigenvalue weighted by Crippen LogP contribution is 2.36. The molecule has 0 aliphatic heterocycles. The van der Waals surface area contributed by atoms with E-state index in [2.05, 4.69) is 23.8 Å². The second kappa shape index (κ2) is 42.3. The average Bonchev–Trinajstić information content (AvgIpc) is 0.890. The van der Waals surface area contributed by atoms with Gasteiger partial charge in [0.1, 0.15) is 66.8 Å². The van der Waals surface area contributed by atoms with Crippen molar-refractivity contribution < 1.29 is 57.9 Å². The van der Waals surface area contributed by atoms with E-state index in [9.17, 15) is 39.0 Å². The minimum Gasteiger partial charge on any atom is -0.508 e. The van der Waals surface area contributed by atoms with Crippen LogP contribution in [0, 0.1) is 13.8 Å². The number of carbonyl (C=O) groups is 6. The molecule has 12 rings (SSSR count). The van der Waals surface area contributed by atoms with Crippen molar-refractivity contribution in [2.75, 3.05) is 21.1 Å². The van der Waals surface area contributed by atoms with Crippen molar-refractivity contribution in [2.45, 2.75) is 169 Å². The van der Waals surface area contributed by atoms with Gasteiger partial charge in [0.05, 0.1) is 5.56 Å². The summed E-state index contributed by atoms with van der Waals surface area (Å²) >= 11 is 0. The van der Waals surface area contributed by atoms with E-state index in [0.717, 1.165) is 153 Å². The summed E-state index contributed by atoms with van der Waals surface area (Å²) in [5, 5.41) is 27.1. The molecule has 17 nitrogen and oxygen atoms in total. The van der Waals surface area contributed by atoms with Crippen molar-refractivity contribution in [3.05, 3.63) is 344 Å². The van der Waals surface area contributed by atoms with Crippen LogP contribution in [0.5, 0.6) is 23.0 Å². The number of hydrogen-bond donors (Lipinski definition) is 4. The van der Waals surface area contributed by atoms with Crippen LogP contribution in [0.4, 0.5) is 0 Å². The third kappa shape index (κ3) is 24.4. The number of allylic oxidation sites excluding steroid dienone is 2. The van der Waals surface area contributed by atoms with Crippen LogP contribution in [0.15, 0.2) is 244 Å². The molecule has 2 fully saturated rings. The molecular formula is C99H109N5O12. The van der Waals surface area contributed by atoms with E-state index in [1.54, 1.807) is 42.1 Å². The van der Waals surface area contributed by atoms with Crippen molar-refractivity contribution in [3.8, 4) is 23.0 Å². The fourth-order valence-corrected chi connectivity index (χ4v) is 14.2. The van der Waals surface area contributed by atoms with Gasteiger partial charge in [0.2, 0.25) is 0 Å². The van der Waals surface area contributed by atoms with E-state index in [0.29, 0.717) is 68.2 Å². The van der Waals surface area contributed by atoms with Gasteiger partial charge in [-0.15, -0.1) is 0 Å². The zero-order valence-electron chi connectivity index (χ0n) is 68.2. The minimum atomic E-state index is -0.552. The summed E-state index contributed by atoms with van der Waals surface area (Å²) in [6.07, 6.45) is 8.99. The third-order valence-corrected chi connectivity index (χ3v) is 20.9. The van der Waals surface area contributed by atoms with E-state index in [1.165, 1.54) is 11.0 Å². The fraction of sp³-hybridized carbons (Fsp3) is 0.293. The van der Waals surface area contributed by atoms with E-state index < -0.39 is 12.1 Å². The maximum atomic E-state index is 13.6. The lowest BCUT2D eigenvalue weighted by Crippen LogP contribution is -2.32. The molecule has 0 radical (unpaired) electrons. The van der Waals surface area contributed by atoms with Gasteiger partial charge < -0.3 is 43.9 Å². The van der Waals surface area contributed by atoms with Crippen LogP contribution in [0.1, 0.15) is 216 Å². The zero-order chi connectivity index (χ0) is 82.8. The molecule has 0 spiro atoms. The number of esters is 2. The molecule has 4 N–H and O–H groups in total. The van der Waals surface area contributed by atoms with Crippen LogP contribution >= 0.6 is 0 Å². The Labute approximate surface area is 683 Å². The molecule has 3 amide bonds. The van der Waals surface area contributed by atoms with Crippen LogP contribution in [-0.2, 0) is 65.0 Å². The number of amides is 3. The van der Waals surface area contributed by atoms with E-state index in [4.69, 9.17) is 18.9 Å². The van der Waals surface area contributed by atoms with Crippen molar-refractivity contribution in [3.63, 3.8) is 0 Å². The van der Waals surface area contributed by atoms with Gasteiger partial charge >= 0.3 is 11.9 Å². The first kappa shape index (κ1) is 86.2. The predicted octanol–water partition coefficient (Wildman–Crippen LogP) is 19.7. The summed E-state index contributed by atoms with van der Waals surface area (Å²) in [5.74, 6) is 0.249. The molecule has 0 heterocycles. The second-order valence-electron chi connectivity index (χ2n) is 30.6. The predicted molar refractivity (Wildman–Crippen MR) is 458 cm³/mol. The normalized spacial score (nSPS) is 13.0. The van der Waals surface area contributed by atoms with Gasteiger partial charge in [0, 0.05) is 87.8 Å². The Hall–Kier alpha value is -12.2. The molecule has 0 bridgehead atoms. The van der Waals surface area contributed by atoms with E-state index >= 15 is 0 Å². The largest absolute Gasteiger partial charge is 0.508 e. The first-order chi connectivity index (χ1) is 55.9. The molecule has 2 atom stereocenters. The Bertz CT molecular complexity index is 4970. The molecule has 10 aromatic rings. The fourth-order valence-electron chi connectivity index (χ4n) is 14.2. The lowest BCUT2D eigenvalue weighted by atomic mass is 9.98. The maximum absolute atomic E-state index is 13.6. The lowest BCUT2D eigenvalue weighted by Gasteiger charge is -2.22. The number of benzene rings is 10. The molecule has 0 saturated heterocycles. The van der Waals surface area contributed by atoms with Crippen LogP contribution in [-0.4, -0.2) is 94.2 Å². The molecule has 0 aromatic heterocycles. The van der Waals surface area contributed by atoms with Gasteiger partial charge in [-0.05, 0) is 193 Å². The number of nitrogens with one attached hydrogen (secondary N) is 2. The number of ether oxygens (including phenoxy) is 4. The monoisotopic (exact) mass is 1560 g/mol. The van der Waals surface area contributed by atoms with Crippen molar-refractivity contribution in [2.24, 2.45) is 0 Å². The topological polar surface area (TPSA) is 214 Å². The number of phenols is 2. The Morgan fingerprint density at radius 1 is 0.431 bits per heavy atom. The number of nitrogens with zero attached hydrogens (tertiary/aromatic N) is 3. The minimum absolute atomic E-state index is 0.00458. The highest BCUT2D eigenvalue weighted by molar-refractivity contribution is 5.99. The molecule has 602 valence electrons. The molecular weight excluding hydrogens is 1450 g/mol. The first-order valence-electron chi connectivity index (χ1n) is 39.8. The lowest BCUT2D eigenvalue weighted by molar-refractivity contribution is -0.152. The molecule has 0 unspecified atom stereocenters. The van der Waals surface area contributed by atoms with Gasteiger partial charge in [-0.2, -0.15) is 0 Å². The number of rotatable bonds is 31. The average molecular weight is 1560 g/mol. The van der Waals surface area contributed by atoms with Crippen LogP contribution in [0.3, 0.4) is 0 Å². The van der Waals surface area contributed by atoms with E-state index in [-0.39, 0.29) is 64.8 Å². The van der Waals surface area contributed by atoms with Crippen molar-refractivity contribution >= 4 is 47.1 Å². The second-order valence-corrected chi connectivity index (χ2v) is 30.6. The molecule has 2 saturated carbocycles. The Morgan fingerprint density at radius 3 is 1.11 bits per heavy atom. The SMILES string of the molecule is C=C(C)c1cc(C(=O)N(C)Cc2ccc(C=O)cc2)c(C)cc1OCc1ccccc1.C=C(C)c1cc(C(=O)N(C)Cc2ccc(CN[C@H](C(=O)OC3CCCC3)c3ccccc3)cc2)c(C)cc1OCc1ccccc1.CC(C)c1cc(C(=O)N(C)Cc2ccc(CN[C@H](C(=O)OC3CCCC3)c3ccccc3)cc2)c(O)cc1O. The smallest absolute Gasteiger partial charge is 0.328 e. The third-order valence-electron chi connectivity index (χ3n) is 20.9. The molecule has 116 heavy (non-hydrogen) atoms. The number of aromatic hydroxyl groups is 2. The Morgan fingerprint density at radius 2 is 0.767 bits per heavy atom. The van der Waals surface area contributed by atoms with Gasteiger partial charge in [-0.3, -0.25) is 29.8 Å². The van der Waals surface area contributed by atoms with Crippen molar-refractivity contribution in [1.29, 1.82) is 0 Å². The number of aldehydes is 1. The van der Waals surface area contributed by atoms with Gasteiger partial charge in [0.15, 0.2) is 0 Å². The summed E-state index contributed by atoms with van der Waals surface area (Å²) in [4.78, 5) is 81.7. The van der Waals surface area contributed by atoms with Crippen molar-refractivity contribution in [1.82, 2.24) is 25.3 Å². The summed E-state index contributed by atoms with van der Waals surface area (Å²) in [7, 11) is 5.27. The zero-order valence-corrected chi connectivity index (χ0v) is 68.2. The molecule has 2 aliphatic carbocycles. The number of hydrogen-bond acceptors (Lipinski definition) is 14. The number of phenolic OH excluding ortho intramolecular Hbond substituents is 2. The van der Waals surface area contributed by atoms with Crippen LogP contribution in [0.25, 0.3) is 11.1 Å². The van der Waals surface area contributed by atoms with Gasteiger partial charge in [-0.25, -0.2) is 9.59 Å². The summed E-state index contributed by atoms with van der Waals surface area (Å²) in [5.41, 5.74) is 16.5. The van der Waals surface area contributed by atoms with Gasteiger partial charge in [-0.1, -0.05) is 221 Å².